The Hall–Kier alpha value is -1.51. The highest BCUT2D eigenvalue weighted by Crippen LogP contribution is 2.43. The molecule has 3 atom stereocenters. The molecule has 1 saturated carbocycles. The molecular weight excluding hydrogens is 306 g/mol. The molecule has 0 bridgehead atoms. The Morgan fingerprint density at radius 2 is 2.25 bits per heavy atom. The second-order valence-corrected chi connectivity index (χ2v) is 6.51. The topological polar surface area (TPSA) is 67.8 Å². The van der Waals surface area contributed by atoms with E-state index in [4.69, 9.17) is 15.9 Å². The predicted octanol–water partition coefficient (Wildman–Crippen LogP) is 2.21. The van der Waals surface area contributed by atoms with Gasteiger partial charge in [0.25, 0.3) is 5.91 Å². The molecular formula is C19H29NO4. The molecule has 134 valence electrons. The zero-order valence-corrected chi connectivity index (χ0v) is 14.5. The van der Waals surface area contributed by atoms with Gasteiger partial charge in [0.2, 0.25) is 6.29 Å². The van der Waals surface area contributed by atoms with E-state index in [0.29, 0.717) is 24.7 Å². The van der Waals surface area contributed by atoms with Crippen molar-refractivity contribution >= 4 is 5.91 Å². The number of carbonyl (C=O) groups is 1. The molecule has 2 aliphatic rings. The number of terminal acetylenes is 1. The zero-order valence-electron chi connectivity index (χ0n) is 14.5. The third kappa shape index (κ3) is 4.75. The zero-order chi connectivity index (χ0) is 17.4. The molecule has 2 rings (SSSR count). The van der Waals surface area contributed by atoms with Gasteiger partial charge in [-0.05, 0) is 50.5 Å². The average molecular weight is 335 g/mol. The van der Waals surface area contributed by atoms with E-state index in [1.165, 1.54) is 25.7 Å². The highest BCUT2D eigenvalue weighted by atomic mass is 16.7. The van der Waals surface area contributed by atoms with Gasteiger partial charge in [0.15, 0.2) is 5.76 Å². The summed E-state index contributed by atoms with van der Waals surface area (Å²) in [6, 6.07) is 0. The maximum atomic E-state index is 12.3. The smallest absolute Gasteiger partial charge is 0.286 e. The minimum atomic E-state index is -0.441. The molecule has 0 unspecified atom stereocenters. The maximum Gasteiger partial charge on any atom is 0.286 e. The number of hydrogen-bond donors (Lipinski definition) is 2. The van der Waals surface area contributed by atoms with Gasteiger partial charge >= 0.3 is 0 Å². The second kappa shape index (κ2) is 9.71. The van der Waals surface area contributed by atoms with Crippen LogP contribution in [0, 0.1) is 30.1 Å². The number of ether oxygens (including phenoxy) is 2. The molecule has 0 radical (unpaired) electrons. The molecule has 0 aromatic rings. The van der Waals surface area contributed by atoms with E-state index in [1.54, 1.807) is 0 Å². The lowest BCUT2D eigenvalue weighted by atomic mass is 9.76. The van der Waals surface area contributed by atoms with Crippen LogP contribution in [0.4, 0.5) is 0 Å². The van der Waals surface area contributed by atoms with Crippen molar-refractivity contribution in [3.8, 4) is 12.3 Å². The van der Waals surface area contributed by atoms with Gasteiger partial charge in [0.1, 0.15) is 0 Å². The van der Waals surface area contributed by atoms with E-state index in [2.05, 4.69) is 11.2 Å². The average Bonchev–Trinajstić information content (AvgIpc) is 3.12. The van der Waals surface area contributed by atoms with E-state index in [-0.39, 0.29) is 30.9 Å². The van der Waals surface area contributed by atoms with Crippen molar-refractivity contribution in [2.75, 3.05) is 19.8 Å². The fourth-order valence-electron chi connectivity index (χ4n) is 3.88. The van der Waals surface area contributed by atoms with Crippen LogP contribution < -0.4 is 5.32 Å². The standard InChI is InChI=1S/C19H29NO4/c1-3-11-20-18(22)17-13-16(14-8-5-6-9-14)15(10-7-12-21)19(24-17)23-4-2/h1,13-16,19,21H,4-12H2,2H3,(H,20,22)/t15-,16+,19+/m0/s1. The minimum absolute atomic E-state index is 0.159. The number of aliphatic hydroxyl groups excluding tert-OH is 1. The van der Waals surface area contributed by atoms with Crippen LogP contribution in [0.15, 0.2) is 11.8 Å². The predicted molar refractivity (Wildman–Crippen MR) is 91.7 cm³/mol. The number of carbonyl (C=O) groups excluding carboxylic acids is 1. The fourth-order valence-corrected chi connectivity index (χ4v) is 3.88. The molecule has 1 fully saturated rings. The van der Waals surface area contributed by atoms with Crippen molar-refractivity contribution in [2.24, 2.45) is 17.8 Å². The summed E-state index contributed by atoms with van der Waals surface area (Å²) >= 11 is 0. The van der Waals surface area contributed by atoms with Crippen LogP contribution in [0.2, 0.25) is 0 Å². The highest BCUT2D eigenvalue weighted by molar-refractivity contribution is 5.91. The lowest BCUT2D eigenvalue weighted by Crippen LogP contribution is -2.41. The van der Waals surface area contributed by atoms with Gasteiger partial charge in [-0.3, -0.25) is 4.79 Å². The van der Waals surface area contributed by atoms with Crippen LogP contribution in [0.3, 0.4) is 0 Å². The van der Waals surface area contributed by atoms with Crippen LogP contribution in [0.25, 0.3) is 0 Å². The van der Waals surface area contributed by atoms with Crippen molar-refractivity contribution in [1.29, 1.82) is 0 Å². The van der Waals surface area contributed by atoms with Crippen LogP contribution in [0.5, 0.6) is 0 Å². The van der Waals surface area contributed by atoms with E-state index in [0.717, 1.165) is 6.42 Å². The van der Waals surface area contributed by atoms with Crippen molar-refractivity contribution in [3.05, 3.63) is 11.8 Å². The molecule has 0 saturated heterocycles. The Morgan fingerprint density at radius 1 is 1.50 bits per heavy atom. The molecule has 1 amide bonds. The van der Waals surface area contributed by atoms with Gasteiger partial charge < -0.3 is 19.9 Å². The molecule has 2 N–H and O–H groups in total. The van der Waals surface area contributed by atoms with Crippen LogP contribution in [0.1, 0.15) is 45.4 Å². The summed E-state index contributed by atoms with van der Waals surface area (Å²) < 4.78 is 11.7. The number of nitrogens with one attached hydrogen (secondary N) is 1. The minimum Gasteiger partial charge on any atom is -0.459 e. The summed E-state index contributed by atoms with van der Waals surface area (Å²) in [5, 5.41) is 11.9. The Balaban J connectivity index is 2.22. The van der Waals surface area contributed by atoms with E-state index in [1.807, 2.05) is 13.0 Å². The van der Waals surface area contributed by atoms with Gasteiger partial charge in [0, 0.05) is 19.1 Å². The summed E-state index contributed by atoms with van der Waals surface area (Å²) in [4.78, 5) is 12.3. The quantitative estimate of drug-likeness (QED) is 0.667. The first kappa shape index (κ1) is 18.8. The van der Waals surface area contributed by atoms with Gasteiger partial charge in [-0.15, -0.1) is 6.42 Å². The first-order chi connectivity index (χ1) is 11.7. The highest BCUT2D eigenvalue weighted by Gasteiger charge is 2.41. The molecule has 0 spiro atoms. The van der Waals surface area contributed by atoms with Crippen LogP contribution in [-0.4, -0.2) is 37.1 Å². The number of aliphatic hydroxyl groups is 1. The number of amides is 1. The molecule has 5 heteroatoms. The maximum absolute atomic E-state index is 12.3. The van der Waals surface area contributed by atoms with E-state index < -0.39 is 6.29 Å². The number of hydrogen-bond acceptors (Lipinski definition) is 4. The third-order valence-corrected chi connectivity index (χ3v) is 4.98. The fraction of sp³-hybridized carbons (Fsp3) is 0.737. The third-order valence-electron chi connectivity index (χ3n) is 4.98. The summed E-state index contributed by atoms with van der Waals surface area (Å²) in [5.74, 6) is 3.42. The Kier molecular flexibility index (Phi) is 7.61. The molecule has 1 aliphatic heterocycles. The van der Waals surface area contributed by atoms with Crippen molar-refractivity contribution < 1.29 is 19.4 Å². The van der Waals surface area contributed by atoms with Crippen molar-refractivity contribution in [2.45, 2.75) is 51.7 Å². The first-order valence-corrected chi connectivity index (χ1v) is 9.03. The molecule has 0 aromatic heterocycles. The second-order valence-electron chi connectivity index (χ2n) is 6.51. The van der Waals surface area contributed by atoms with Crippen molar-refractivity contribution in [1.82, 2.24) is 5.32 Å². The first-order valence-electron chi connectivity index (χ1n) is 9.03. The Morgan fingerprint density at radius 3 is 2.88 bits per heavy atom. The summed E-state index contributed by atoms with van der Waals surface area (Å²) in [6.45, 7) is 2.79. The molecule has 1 heterocycles. The summed E-state index contributed by atoms with van der Waals surface area (Å²) in [5.41, 5.74) is 0. The summed E-state index contributed by atoms with van der Waals surface area (Å²) in [6.07, 6.45) is 13.1. The lowest BCUT2D eigenvalue weighted by Gasteiger charge is -2.39. The normalized spacial score (nSPS) is 27.2. The Labute approximate surface area is 144 Å². The largest absolute Gasteiger partial charge is 0.459 e. The molecule has 0 aromatic carbocycles. The van der Waals surface area contributed by atoms with Crippen molar-refractivity contribution in [3.63, 3.8) is 0 Å². The van der Waals surface area contributed by atoms with Crippen LogP contribution in [-0.2, 0) is 14.3 Å². The van der Waals surface area contributed by atoms with Gasteiger partial charge in [-0.25, -0.2) is 0 Å². The van der Waals surface area contributed by atoms with Gasteiger partial charge in [-0.2, -0.15) is 0 Å². The summed E-state index contributed by atoms with van der Waals surface area (Å²) in [7, 11) is 0. The lowest BCUT2D eigenvalue weighted by molar-refractivity contribution is -0.175. The number of rotatable bonds is 8. The Bertz CT molecular complexity index is 476. The molecule has 24 heavy (non-hydrogen) atoms. The van der Waals surface area contributed by atoms with Crippen LogP contribution >= 0.6 is 0 Å². The SMILES string of the molecule is C#CCNC(=O)C1=C[C@H](C2CCCC2)[C@H](CCCO)[C@H](OCC)O1. The van der Waals surface area contributed by atoms with E-state index >= 15 is 0 Å². The number of allylic oxidation sites excluding steroid dienone is 1. The molecule has 1 aliphatic carbocycles. The van der Waals surface area contributed by atoms with Gasteiger partial charge in [-0.1, -0.05) is 18.8 Å². The monoisotopic (exact) mass is 335 g/mol. The molecule has 5 nitrogen and oxygen atoms in total. The van der Waals surface area contributed by atoms with Gasteiger partial charge in [0.05, 0.1) is 6.54 Å². The van der Waals surface area contributed by atoms with E-state index in [9.17, 15) is 9.90 Å².